The first-order valence-corrected chi connectivity index (χ1v) is 10.6. The van der Waals surface area contributed by atoms with Crippen molar-refractivity contribution in [3.8, 4) is 5.69 Å². The van der Waals surface area contributed by atoms with Crippen molar-refractivity contribution in [2.45, 2.75) is 0 Å². The monoisotopic (exact) mass is 413 g/mol. The van der Waals surface area contributed by atoms with E-state index in [4.69, 9.17) is 0 Å². The summed E-state index contributed by atoms with van der Waals surface area (Å²) in [4.78, 5) is 6.37. The summed E-state index contributed by atoms with van der Waals surface area (Å²) in [6, 6.07) is 38.0. The Kier molecular flexibility index (Phi) is 5.62. The number of aromatic nitrogens is 2. The molecule has 3 nitrogen and oxygen atoms in total. The van der Waals surface area contributed by atoms with Gasteiger partial charge in [-0.3, -0.25) is 0 Å². The molecule has 0 saturated heterocycles. The molecule has 0 N–H and O–H groups in total. The summed E-state index contributed by atoms with van der Waals surface area (Å²) in [5.41, 5.74) is 6.83. The Balaban J connectivity index is 1.37. The van der Waals surface area contributed by atoms with Crippen molar-refractivity contribution in [3.05, 3.63) is 139 Å². The molecule has 0 aliphatic heterocycles. The average Bonchev–Trinajstić information content (AvgIpc) is 3.41. The number of rotatable bonds is 6. The topological polar surface area (TPSA) is 21.1 Å². The number of hydrogen-bond donors (Lipinski definition) is 0. The number of benzene rings is 4. The lowest BCUT2D eigenvalue weighted by atomic mass is 10.1. The third-order valence-electron chi connectivity index (χ3n) is 5.34. The van der Waals surface area contributed by atoms with E-state index in [1.807, 2.05) is 22.9 Å². The number of para-hydroxylation sites is 2. The fourth-order valence-corrected chi connectivity index (χ4v) is 3.70. The van der Waals surface area contributed by atoms with Crippen LogP contribution in [0.5, 0.6) is 0 Å². The van der Waals surface area contributed by atoms with E-state index in [-0.39, 0.29) is 0 Å². The summed E-state index contributed by atoms with van der Waals surface area (Å²) in [7, 11) is 0. The van der Waals surface area contributed by atoms with Crippen molar-refractivity contribution in [3.63, 3.8) is 0 Å². The van der Waals surface area contributed by atoms with Gasteiger partial charge in [-0.2, -0.15) is 0 Å². The van der Waals surface area contributed by atoms with Crippen molar-refractivity contribution < 1.29 is 0 Å². The van der Waals surface area contributed by atoms with Crippen LogP contribution >= 0.6 is 0 Å². The molecule has 32 heavy (non-hydrogen) atoms. The van der Waals surface area contributed by atoms with Gasteiger partial charge in [0.1, 0.15) is 0 Å². The Labute approximate surface area is 188 Å². The molecule has 0 aliphatic carbocycles. The third kappa shape index (κ3) is 4.37. The second-order valence-electron chi connectivity index (χ2n) is 7.49. The van der Waals surface area contributed by atoms with Crippen LogP contribution in [0.15, 0.2) is 128 Å². The highest BCUT2D eigenvalue weighted by atomic mass is 15.1. The van der Waals surface area contributed by atoms with E-state index in [1.165, 1.54) is 0 Å². The second-order valence-corrected chi connectivity index (χ2v) is 7.49. The van der Waals surface area contributed by atoms with Crippen LogP contribution in [-0.2, 0) is 0 Å². The number of imidazole rings is 1. The maximum Gasteiger partial charge on any atom is 0.0991 e. The van der Waals surface area contributed by atoms with Crippen molar-refractivity contribution in [2.75, 3.05) is 4.90 Å². The molecule has 0 radical (unpaired) electrons. The van der Waals surface area contributed by atoms with Crippen molar-refractivity contribution in [1.82, 2.24) is 9.55 Å². The molecule has 1 aromatic heterocycles. The van der Waals surface area contributed by atoms with Crippen LogP contribution in [0.1, 0.15) is 11.1 Å². The quantitative estimate of drug-likeness (QED) is 0.269. The van der Waals surface area contributed by atoms with Gasteiger partial charge in [-0.15, -0.1) is 0 Å². The molecule has 0 amide bonds. The molecule has 0 fully saturated rings. The lowest BCUT2D eigenvalue weighted by molar-refractivity contribution is 1.06. The zero-order valence-electron chi connectivity index (χ0n) is 17.6. The molecule has 0 aliphatic rings. The van der Waals surface area contributed by atoms with Gasteiger partial charge in [-0.1, -0.05) is 72.8 Å². The standard InChI is InChI=1S/C29H23N3/c1-3-7-27(8-4-1)32(28-9-5-2-6-10-28)29-19-15-25(16-20-29)12-11-24-13-17-26(18-14-24)31-22-21-30-23-31/h1-23H/b12-11+. The van der Waals surface area contributed by atoms with Crippen LogP contribution in [0.2, 0.25) is 0 Å². The molecule has 5 rings (SSSR count). The Hall–Kier alpha value is -4.37. The van der Waals surface area contributed by atoms with Gasteiger partial charge in [0.25, 0.3) is 0 Å². The fourth-order valence-electron chi connectivity index (χ4n) is 3.70. The minimum atomic E-state index is 1.10. The maximum absolute atomic E-state index is 4.10. The maximum atomic E-state index is 4.10. The largest absolute Gasteiger partial charge is 0.311 e. The van der Waals surface area contributed by atoms with Gasteiger partial charge >= 0.3 is 0 Å². The Bertz CT molecular complexity index is 1230. The van der Waals surface area contributed by atoms with Gasteiger partial charge in [0, 0.05) is 35.1 Å². The predicted octanol–water partition coefficient (Wildman–Crippen LogP) is 7.51. The molecule has 3 heteroatoms. The van der Waals surface area contributed by atoms with Crippen LogP contribution in [0.25, 0.3) is 17.8 Å². The van der Waals surface area contributed by atoms with E-state index in [2.05, 4.69) is 119 Å². The summed E-state index contributed by atoms with van der Waals surface area (Å²) in [6.45, 7) is 0. The Morgan fingerprint density at radius 2 is 1.06 bits per heavy atom. The average molecular weight is 414 g/mol. The lowest BCUT2D eigenvalue weighted by Gasteiger charge is -2.25. The third-order valence-corrected chi connectivity index (χ3v) is 5.34. The highest BCUT2D eigenvalue weighted by molar-refractivity contribution is 5.78. The van der Waals surface area contributed by atoms with Crippen LogP contribution in [0, 0.1) is 0 Å². The van der Waals surface area contributed by atoms with E-state index >= 15 is 0 Å². The zero-order chi connectivity index (χ0) is 21.6. The Morgan fingerprint density at radius 3 is 1.56 bits per heavy atom. The van der Waals surface area contributed by atoms with Gasteiger partial charge in [-0.05, 0) is 59.7 Å². The summed E-state index contributed by atoms with van der Waals surface area (Å²) in [6.07, 6.45) is 9.82. The van der Waals surface area contributed by atoms with Gasteiger partial charge in [0.15, 0.2) is 0 Å². The summed E-state index contributed by atoms with van der Waals surface area (Å²) in [5, 5.41) is 0. The van der Waals surface area contributed by atoms with Gasteiger partial charge in [-0.25, -0.2) is 4.98 Å². The molecular weight excluding hydrogens is 390 g/mol. The summed E-state index contributed by atoms with van der Waals surface area (Å²) >= 11 is 0. The number of nitrogens with zero attached hydrogens (tertiary/aromatic N) is 3. The second kappa shape index (κ2) is 9.19. The van der Waals surface area contributed by atoms with Gasteiger partial charge in [0.2, 0.25) is 0 Å². The first kappa shape index (κ1) is 19.6. The van der Waals surface area contributed by atoms with Gasteiger partial charge < -0.3 is 9.47 Å². The Morgan fingerprint density at radius 1 is 0.562 bits per heavy atom. The normalized spacial score (nSPS) is 11.0. The predicted molar refractivity (Wildman–Crippen MR) is 134 cm³/mol. The lowest BCUT2D eigenvalue weighted by Crippen LogP contribution is -2.09. The molecule has 0 unspecified atom stereocenters. The van der Waals surface area contributed by atoms with E-state index in [1.54, 1.807) is 12.5 Å². The highest BCUT2D eigenvalue weighted by Crippen LogP contribution is 2.34. The van der Waals surface area contributed by atoms with Crippen LogP contribution in [0.4, 0.5) is 17.1 Å². The molecule has 5 aromatic rings. The molecular formula is C29H23N3. The van der Waals surface area contributed by atoms with Crippen LogP contribution in [-0.4, -0.2) is 9.55 Å². The first-order chi connectivity index (χ1) is 15.9. The molecule has 154 valence electrons. The van der Waals surface area contributed by atoms with Crippen LogP contribution in [0.3, 0.4) is 0 Å². The zero-order valence-corrected chi connectivity index (χ0v) is 17.6. The SMILES string of the molecule is C(=C\c1ccc(-n2ccnc2)cc1)/c1ccc(N(c2ccccc2)c2ccccc2)cc1. The fraction of sp³-hybridized carbons (Fsp3) is 0. The van der Waals surface area contributed by atoms with E-state index in [0.29, 0.717) is 0 Å². The highest BCUT2D eigenvalue weighted by Gasteiger charge is 2.11. The van der Waals surface area contributed by atoms with Crippen LogP contribution < -0.4 is 4.90 Å². The summed E-state index contributed by atoms with van der Waals surface area (Å²) in [5.74, 6) is 0. The van der Waals surface area contributed by atoms with Crippen molar-refractivity contribution in [2.24, 2.45) is 0 Å². The minimum absolute atomic E-state index is 1.10. The molecule has 0 bridgehead atoms. The van der Waals surface area contributed by atoms with E-state index < -0.39 is 0 Å². The molecule has 0 saturated carbocycles. The number of hydrogen-bond acceptors (Lipinski definition) is 2. The van der Waals surface area contributed by atoms with Gasteiger partial charge in [0.05, 0.1) is 6.33 Å². The minimum Gasteiger partial charge on any atom is -0.311 e. The summed E-state index contributed by atoms with van der Waals surface area (Å²) < 4.78 is 2.00. The molecule has 4 aromatic carbocycles. The van der Waals surface area contributed by atoms with E-state index in [0.717, 1.165) is 33.9 Å². The number of anilines is 3. The van der Waals surface area contributed by atoms with Crippen molar-refractivity contribution in [1.29, 1.82) is 0 Å². The van der Waals surface area contributed by atoms with Crippen molar-refractivity contribution >= 4 is 29.2 Å². The van der Waals surface area contributed by atoms with E-state index in [9.17, 15) is 0 Å². The first-order valence-electron chi connectivity index (χ1n) is 10.6. The smallest absolute Gasteiger partial charge is 0.0991 e. The molecule has 0 atom stereocenters. The molecule has 1 heterocycles. The molecule has 0 spiro atoms.